The molecule has 0 unspecified atom stereocenters. The normalized spacial score (nSPS) is 22.6. The lowest BCUT2D eigenvalue weighted by molar-refractivity contribution is -0.202. The van der Waals surface area contributed by atoms with Gasteiger partial charge in [-0.1, -0.05) is 6.92 Å². The molecule has 2 saturated heterocycles. The molecule has 0 aliphatic carbocycles. The predicted octanol–water partition coefficient (Wildman–Crippen LogP) is 2.83. The van der Waals surface area contributed by atoms with Gasteiger partial charge in [-0.15, -0.1) is 0 Å². The second-order valence-electron chi connectivity index (χ2n) is 10.2. The van der Waals surface area contributed by atoms with E-state index < -0.39 is 29.4 Å². The zero-order valence-corrected chi connectivity index (χ0v) is 21.5. The van der Waals surface area contributed by atoms with Crippen LogP contribution in [0.25, 0.3) is 16.8 Å². The molecule has 0 radical (unpaired) electrons. The van der Waals surface area contributed by atoms with Crippen molar-refractivity contribution in [3.05, 3.63) is 66.1 Å². The highest BCUT2D eigenvalue weighted by atomic mass is 19.1. The van der Waals surface area contributed by atoms with Crippen molar-refractivity contribution in [1.82, 2.24) is 19.6 Å². The molecule has 2 fully saturated rings. The Labute approximate surface area is 223 Å². The van der Waals surface area contributed by atoms with E-state index >= 15 is 8.78 Å². The van der Waals surface area contributed by atoms with Crippen LogP contribution in [0.15, 0.2) is 48.9 Å². The number of nitrogens with one attached hydrogen (secondary N) is 1. The van der Waals surface area contributed by atoms with Gasteiger partial charge >= 0.3 is 0 Å². The van der Waals surface area contributed by atoms with Crippen molar-refractivity contribution in [3.63, 3.8) is 0 Å². The molecule has 1 aromatic carbocycles. The van der Waals surface area contributed by atoms with Gasteiger partial charge in [-0.3, -0.25) is 4.98 Å². The van der Waals surface area contributed by atoms with Crippen molar-refractivity contribution in [2.24, 2.45) is 11.7 Å². The van der Waals surface area contributed by atoms with Crippen LogP contribution in [0.4, 0.5) is 26.1 Å². The second kappa shape index (κ2) is 9.79. The molecule has 0 amide bonds. The van der Waals surface area contributed by atoms with Crippen molar-refractivity contribution >= 4 is 22.8 Å². The summed E-state index contributed by atoms with van der Waals surface area (Å²) in [5.74, 6) is -1.17. The van der Waals surface area contributed by atoms with Gasteiger partial charge < -0.3 is 30.5 Å². The molecular weight excluding hydrogens is 508 g/mol. The van der Waals surface area contributed by atoms with Gasteiger partial charge in [-0.2, -0.15) is 9.61 Å². The van der Waals surface area contributed by atoms with E-state index in [0.29, 0.717) is 35.8 Å². The fraction of sp³-hybridized carbons (Fsp3) is 0.370. The van der Waals surface area contributed by atoms with Crippen LogP contribution in [-0.2, 0) is 15.1 Å². The van der Waals surface area contributed by atoms with Crippen LogP contribution in [0.1, 0.15) is 12.5 Å². The van der Waals surface area contributed by atoms with Crippen LogP contribution in [0, 0.1) is 17.6 Å². The number of nitrogens with zero attached hydrogens (tertiary/aromatic N) is 5. The number of anilines is 3. The van der Waals surface area contributed by atoms with Crippen molar-refractivity contribution in [2.75, 3.05) is 43.6 Å². The SMILES string of the molecule is COC1(c2cc(F)c(-c3ccc4cnc(Nc5cnccc5N5C[C@@H](N)[C@H](O)[C@@H](C)C5)n4n3)c(F)c2)COC1. The lowest BCUT2D eigenvalue weighted by Crippen LogP contribution is -2.55. The number of rotatable bonds is 6. The van der Waals surface area contributed by atoms with E-state index in [1.54, 1.807) is 30.7 Å². The number of imidazole rings is 1. The number of fused-ring (bicyclic) bond motifs is 1. The summed E-state index contributed by atoms with van der Waals surface area (Å²) in [6.45, 7) is 3.51. The quantitative estimate of drug-likeness (QED) is 0.341. The number of pyridine rings is 1. The first-order valence-electron chi connectivity index (χ1n) is 12.7. The van der Waals surface area contributed by atoms with Crippen LogP contribution in [0.5, 0.6) is 0 Å². The highest BCUT2D eigenvalue weighted by molar-refractivity contribution is 5.74. The third kappa shape index (κ3) is 4.39. The van der Waals surface area contributed by atoms with Crippen molar-refractivity contribution in [1.29, 1.82) is 0 Å². The fourth-order valence-electron chi connectivity index (χ4n) is 5.26. The first kappa shape index (κ1) is 25.6. The number of benzene rings is 1. The fourth-order valence-corrected chi connectivity index (χ4v) is 5.26. The average molecular weight is 538 g/mol. The molecule has 3 aromatic heterocycles. The third-order valence-electron chi connectivity index (χ3n) is 7.62. The van der Waals surface area contributed by atoms with Gasteiger partial charge in [-0.05, 0) is 35.9 Å². The maximum Gasteiger partial charge on any atom is 0.229 e. The number of aromatic nitrogens is 4. The molecule has 5 heterocycles. The van der Waals surface area contributed by atoms with Crippen LogP contribution >= 0.6 is 0 Å². The molecule has 0 saturated carbocycles. The van der Waals surface area contributed by atoms with Crippen molar-refractivity contribution in [3.8, 4) is 11.3 Å². The molecule has 4 N–H and O–H groups in total. The van der Waals surface area contributed by atoms with Gasteiger partial charge in [-0.25, -0.2) is 13.8 Å². The number of piperidine rings is 1. The zero-order chi connectivity index (χ0) is 27.3. The van der Waals surface area contributed by atoms with Gasteiger partial charge in [0.2, 0.25) is 5.95 Å². The minimum absolute atomic E-state index is 0.0157. The summed E-state index contributed by atoms with van der Waals surface area (Å²) in [6.07, 6.45) is 4.38. The second-order valence-corrected chi connectivity index (χ2v) is 10.2. The van der Waals surface area contributed by atoms with Crippen LogP contribution < -0.4 is 16.0 Å². The van der Waals surface area contributed by atoms with Crippen LogP contribution in [-0.4, -0.2) is 70.2 Å². The molecule has 4 aromatic rings. The van der Waals surface area contributed by atoms with E-state index in [1.165, 1.54) is 23.8 Å². The summed E-state index contributed by atoms with van der Waals surface area (Å²) in [5, 5.41) is 18.1. The standard InChI is InChI=1S/C27H29F2N7O3/c1-15-11-35(12-20(30)25(15)37)23-5-6-31-10-22(23)33-26-32-9-17-3-4-21(34-36(17)26)24-18(28)7-16(8-19(24)29)27(38-2)13-39-14-27/h3-10,15,20,25,37H,11-14,30H2,1-2H3,(H,32,33)/t15-,20+,25+/m0/s1. The highest BCUT2D eigenvalue weighted by Crippen LogP contribution is 2.37. The Kier molecular flexibility index (Phi) is 6.42. The Morgan fingerprint density at radius 1 is 1.15 bits per heavy atom. The van der Waals surface area contributed by atoms with E-state index in [4.69, 9.17) is 15.2 Å². The summed E-state index contributed by atoms with van der Waals surface area (Å²) in [7, 11) is 1.49. The predicted molar refractivity (Wildman–Crippen MR) is 141 cm³/mol. The number of aliphatic hydroxyl groups is 1. The number of hydrogen-bond donors (Lipinski definition) is 3. The molecule has 3 atom stereocenters. The van der Waals surface area contributed by atoms with E-state index in [0.717, 1.165) is 5.69 Å². The number of ether oxygens (including phenoxy) is 2. The summed E-state index contributed by atoms with van der Waals surface area (Å²) < 4.78 is 42.8. The summed E-state index contributed by atoms with van der Waals surface area (Å²) >= 11 is 0. The number of aliphatic hydroxyl groups excluding tert-OH is 1. The third-order valence-corrected chi connectivity index (χ3v) is 7.62. The monoisotopic (exact) mass is 537 g/mol. The number of nitrogens with two attached hydrogens (primary N) is 1. The number of methoxy groups -OCH3 is 1. The molecule has 0 bridgehead atoms. The Balaban J connectivity index is 1.34. The van der Waals surface area contributed by atoms with Gasteiger partial charge in [0.25, 0.3) is 0 Å². The first-order chi connectivity index (χ1) is 18.8. The number of halogens is 2. The Hall–Kier alpha value is -3.71. The van der Waals surface area contributed by atoms with E-state index in [9.17, 15) is 5.11 Å². The molecule has 6 rings (SSSR count). The van der Waals surface area contributed by atoms with E-state index in [-0.39, 0.29) is 30.4 Å². The number of hydrogen-bond acceptors (Lipinski definition) is 9. The van der Waals surface area contributed by atoms with Gasteiger partial charge in [0.05, 0.1) is 59.9 Å². The molecular formula is C27H29F2N7O3. The zero-order valence-electron chi connectivity index (χ0n) is 21.5. The van der Waals surface area contributed by atoms with Crippen LogP contribution in [0.2, 0.25) is 0 Å². The molecule has 10 nitrogen and oxygen atoms in total. The summed E-state index contributed by atoms with van der Waals surface area (Å²) in [5.41, 5.74) is 7.69. The molecule has 2 aliphatic heterocycles. The van der Waals surface area contributed by atoms with Crippen LogP contribution in [0.3, 0.4) is 0 Å². The highest BCUT2D eigenvalue weighted by Gasteiger charge is 2.41. The van der Waals surface area contributed by atoms with E-state index in [1.807, 2.05) is 13.0 Å². The van der Waals surface area contributed by atoms with Crippen molar-refractivity contribution in [2.45, 2.75) is 24.7 Å². The van der Waals surface area contributed by atoms with E-state index in [2.05, 4.69) is 25.3 Å². The lowest BCUT2D eigenvalue weighted by atomic mass is 9.90. The Morgan fingerprint density at radius 3 is 2.59 bits per heavy atom. The average Bonchev–Trinajstić information content (AvgIpc) is 3.28. The lowest BCUT2D eigenvalue weighted by Gasteiger charge is -2.40. The molecule has 39 heavy (non-hydrogen) atoms. The minimum atomic E-state index is -0.853. The minimum Gasteiger partial charge on any atom is -0.391 e. The first-order valence-corrected chi connectivity index (χ1v) is 12.7. The Bertz CT molecular complexity index is 1490. The molecule has 2 aliphatic rings. The maximum absolute atomic E-state index is 15.3. The summed E-state index contributed by atoms with van der Waals surface area (Å²) in [6, 6.07) is 7.26. The molecule has 0 spiro atoms. The topological polar surface area (TPSA) is 123 Å². The maximum atomic E-state index is 15.3. The van der Waals surface area contributed by atoms with Gasteiger partial charge in [0.1, 0.15) is 17.2 Å². The van der Waals surface area contributed by atoms with Gasteiger partial charge in [0.15, 0.2) is 0 Å². The largest absolute Gasteiger partial charge is 0.391 e. The smallest absolute Gasteiger partial charge is 0.229 e. The van der Waals surface area contributed by atoms with Gasteiger partial charge in [0, 0.05) is 38.4 Å². The molecule has 12 heteroatoms. The molecule has 204 valence electrons. The van der Waals surface area contributed by atoms with Crippen molar-refractivity contribution < 1.29 is 23.4 Å². The Morgan fingerprint density at radius 2 is 1.92 bits per heavy atom. The summed E-state index contributed by atoms with van der Waals surface area (Å²) in [4.78, 5) is 10.8.